The van der Waals surface area contributed by atoms with Crippen LogP contribution >= 0.6 is 0 Å². The molecule has 2 heterocycles. The van der Waals surface area contributed by atoms with Crippen LogP contribution in [-0.4, -0.2) is 55.9 Å². The summed E-state index contributed by atoms with van der Waals surface area (Å²) in [5, 5.41) is 19.6. The number of aliphatic hydroxyl groups is 2. The van der Waals surface area contributed by atoms with Crippen LogP contribution in [0.4, 0.5) is 0 Å². The van der Waals surface area contributed by atoms with Crippen LogP contribution in [0.1, 0.15) is 19.3 Å². The van der Waals surface area contributed by atoms with Gasteiger partial charge in [-0.1, -0.05) is 12.1 Å². The van der Waals surface area contributed by atoms with E-state index in [2.05, 4.69) is 4.98 Å². The van der Waals surface area contributed by atoms with E-state index < -0.39 is 12.2 Å². The quantitative estimate of drug-likeness (QED) is 0.881. The van der Waals surface area contributed by atoms with Crippen LogP contribution in [0.15, 0.2) is 30.6 Å². The summed E-state index contributed by atoms with van der Waals surface area (Å²) >= 11 is 0. The lowest BCUT2D eigenvalue weighted by atomic mass is 9.79. The Kier molecular flexibility index (Phi) is 4.02. The predicted octanol–water partition coefficient (Wildman–Crippen LogP) is 1.02. The van der Waals surface area contributed by atoms with Gasteiger partial charge in [-0.2, -0.15) is 0 Å². The number of nitrogens with zero attached hydrogens (tertiary/aromatic N) is 3. The number of hydrogen-bond donors (Lipinski definition) is 2. The lowest BCUT2D eigenvalue weighted by Gasteiger charge is -2.31. The van der Waals surface area contributed by atoms with Gasteiger partial charge in [0.2, 0.25) is 5.91 Å². The standard InChI is InChI=1S/C18H23N3O3/c22-16-7-12-9-21(10-13(12)8-17(16)23)18(24)5-6-20-11-19-14-3-1-2-4-15(14)20/h1-4,11-13,16-17,22-23H,5-10H2/t12-,13+,16-,17-/m0/s1. The van der Waals surface area contributed by atoms with Crippen molar-refractivity contribution >= 4 is 16.9 Å². The predicted molar refractivity (Wildman–Crippen MR) is 89.2 cm³/mol. The first-order valence-electron chi connectivity index (χ1n) is 8.65. The number of aliphatic hydroxyl groups excluding tert-OH is 2. The number of rotatable bonds is 3. The number of carbonyl (C=O) groups is 1. The minimum absolute atomic E-state index is 0.145. The highest BCUT2D eigenvalue weighted by molar-refractivity contribution is 5.78. The van der Waals surface area contributed by atoms with Gasteiger partial charge in [-0.25, -0.2) is 4.98 Å². The lowest BCUT2D eigenvalue weighted by molar-refractivity contribution is -0.130. The smallest absolute Gasteiger partial charge is 0.224 e. The summed E-state index contributed by atoms with van der Waals surface area (Å²) in [5.74, 6) is 0.786. The number of fused-ring (bicyclic) bond motifs is 2. The zero-order chi connectivity index (χ0) is 16.7. The molecule has 1 saturated carbocycles. The van der Waals surface area contributed by atoms with E-state index in [1.165, 1.54) is 0 Å². The zero-order valence-electron chi connectivity index (χ0n) is 13.6. The van der Waals surface area contributed by atoms with Crippen molar-refractivity contribution in [2.45, 2.75) is 38.0 Å². The first-order chi connectivity index (χ1) is 11.6. The summed E-state index contributed by atoms with van der Waals surface area (Å²) in [4.78, 5) is 18.8. The number of hydrogen-bond acceptors (Lipinski definition) is 4. The van der Waals surface area contributed by atoms with Gasteiger partial charge in [0.1, 0.15) is 0 Å². The summed E-state index contributed by atoms with van der Waals surface area (Å²) in [6.45, 7) is 2.03. The first-order valence-corrected chi connectivity index (χ1v) is 8.65. The Hall–Kier alpha value is -1.92. The summed E-state index contributed by atoms with van der Waals surface area (Å²) in [6, 6.07) is 7.92. The fourth-order valence-corrected chi connectivity index (χ4v) is 4.17. The number of likely N-dealkylation sites (tertiary alicyclic amines) is 1. The van der Waals surface area contributed by atoms with Crippen LogP contribution in [0, 0.1) is 11.8 Å². The highest BCUT2D eigenvalue weighted by Crippen LogP contribution is 2.36. The molecular weight excluding hydrogens is 306 g/mol. The van der Waals surface area contributed by atoms with Gasteiger partial charge >= 0.3 is 0 Å². The van der Waals surface area contributed by atoms with Crippen LogP contribution in [-0.2, 0) is 11.3 Å². The first kappa shape index (κ1) is 15.6. The number of imidazole rings is 1. The second-order valence-corrected chi connectivity index (χ2v) is 7.10. The van der Waals surface area contributed by atoms with E-state index in [1.54, 1.807) is 6.33 Å². The molecule has 1 saturated heterocycles. The number of amides is 1. The van der Waals surface area contributed by atoms with Crippen molar-refractivity contribution < 1.29 is 15.0 Å². The van der Waals surface area contributed by atoms with Crippen LogP contribution in [0.2, 0.25) is 0 Å². The van der Waals surface area contributed by atoms with Crippen molar-refractivity contribution in [2.75, 3.05) is 13.1 Å². The van der Waals surface area contributed by atoms with E-state index in [1.807, 2.05) is 33.7 Å². The Labute approximate surface area is 140 Å². The Balaban J connectivity index is 1.37. The number of benzene rings is 1. The van der Waals surface area contributed by atoms with Crippen LogP contribution < -0.4 is 0 Å². The van der Waals surface area contributed by atoms with E-state index in [0.29, 0.717) is 50.7 Å². The Morgan fingerprint density at radius 3 is 2.50 bits per heavy atom. The molecule has 6 nitrogen and oxygen atoms in total. The molecule has 128 valence electrons. The van der Waals surface area contributed by atoms with Gasteiger partial charge in [-0.3, -0.25) is 4.79 Å². The Morgan fingerprint density at radius 2 is 1.79 bits per heavy atom. The molecule has 0 unspecified atom stereocenters. The molecule has 2 aliphatic rings. The minimum Gasteiger partial charge on any atom is -0.390 e. The average Bonchev–Trinajstić information content (AvgIpc) is 3.17. The minimum atomic E-state index is -0.640. The number of aryl methyl sites for hydroxylation is 1. The van der Waals surface area contributed by atoms with Crippen molar-refractivity contribution in [2.24, 2.45) is 11.8 Å². The fraction of sp³-hybridized carbons (Fsp3) is 0.556. The molecule has 4 atom stereocenters. The Morgan fingerprint density at radius 1 is 1.12 bits per heavy atom. The molecule has 2 N–H and O–H groups in total. The monoisotopic (exact) mass is 329 g/mol. The highest BCUT2D eigenvalue weighted by Gasteiger charge is 2.42. The highest BCUT2D eigenvalue weighted by atomic mass is 16.3. The molecule has 6 heteroatoms. The molecular formula is C18H23N3O3. The summed E-state index contributed by atoms with van der Waals surface area (Å²) in [5.41, 5.74) is 1.99. The molecule has 2 fully saturated rings. The van der Waals surface area contributed by atoms with Gasteiger partial charge in [0, 0.05) is 26.1 Å². The second kappa shape index (κ2) is 6.18. The molecule has 0 spiro atoms. The van der Waals surface area contributed by atoms with Gasteiger partial charge in [0.25, 0.3) is 0 Å². The number of carbonyl (C=O) groups excluding carboxylic acids is 1. The molecule has 1 aromatic carbocycles. The number of aromatic nitrogens is 2. The maximum Gasteiger partial charge on any atom is 0.224 e. The molecule has 24 heavy (non-hydrogen) atoms. The number of para-hydroxylation sites is 2. The molecule has 4 rings (SSSR count). The van der Waals surface area contributed by atoms with Crippen LogP contribution in [0.3, 0.4) is 0 Å². The summed E-state index contributed by atoms with van der Waals surface area (Å²) in [6.07, 6.45) is 2.15. The Bertz CT molecular complexity index is 726. The van der Waals surface area contributed by atoms with Gasteiger partial charge < -0.3 is 19.7 Å². The van der Waals surface area contributed by atoms with Crippen molar-refractivity contribution in [1.82, 2.24) is 14.5 Å². The van der Waals surface area contributed by atoms with Gasteiger partial charge in [0.15, 0.2) is 0 Å². The van der Waals surface area contributed by atoms with E-state index in [4.69, 9.17) is 0 Å². The second-order valence-electron chi connectivity index (χ2n) is 7.10. The van der Waals surface area contributed by atoms with E-state index in [0.717, 1.165) is 11.0 Å². The van der Waals surface area contributed by atoms with Crippen LogP contribution in [0.25, 0.3) is 11.0 Å². The molecule has 2 aromatic rings. The van der Waals surface area contributed by atoms with Crippen molar-refractivity contribution in [3.63, 3.8) is 0 Å². The molecule has 0 bridgehead atoms. The van der Waals surface area contributed by atoms with Gasteiger partial charge in [-0.15, -0.1) is 0 Å². The largest absolute Gasteiger partial charge is 0.390 e. The van der Waals surface area contributed by atoms with E-state index >= 15 is 0 Å². The lowest BCUT2D eigenvalue weighted by Crippen LogP contribution is -2.38. The average molecular weight is 329 g/mol. The third-order valence-electron chi connectivity index (χ3n) is 5.56. The molecule has 1 aliphatic carbocycles. The van der Waals surface area contributed by atoms with E-state index in [9.17, 15) is 15.0 Å². The SMILES string of the molecule is O=C(CCn1cnc2ccccc21)N1C[C@H]2C[C@H](O)[C@@H](O)C[C@H]2C1. The third kappa shape index (κ3) is 2.80. The van der Waals surface area contributed by atoms with Crippen molar-refractivity contribution in [1.29, 1.82) is 0 Å². The topological polar surface area (TPSA) is 78.6 Å². The summed E-state index contributed by atoms with van der Waals surface area (Å²) < 4.78 is 2.02. The van der Waals surface area contributed by atoms with Gasteiger partial charge in [-0.05, 0) is 36.8 Å². The molecule has 1 aromatic heterocycles. The fourth-order valence-electron chi connectivity index (χ4n) is 4.17. The van der Waals surface area contributed by atoms with Gasteiger partial charge in [0.05, 0.1) is 29.6 Å². The van der Waals surface area contributed by atoms with Crippen molar-refractivity contribution in [3.05, 3.63) is 30.6 Å². The third-order valence-corrected chi connectivity index (χ3v) is 5.56. The maximum atomic E-state index is 12.6. The molecule has 1 aliphatic heterocycles. The van der Waals surface area contributed by atoms with E-state index in [-0.39, 0.29) is 5.91 Å². The van der Waals surface area contributed by atoms with Crippen molar-refractivity contribution in [3.8, 4) is 0 Å². The summed E-state index contributed by atoms with van der Waals surface area (Å²) in [7, 11) is 0. The zero-order valence-corrected chi connectivity index (χ0v) is 13.6. The normalized spacial score (nSPS) is 29.8. The molecule has 1 amide bonds. The maximum absolute atomic E-state index is 12.6. The van der Waals surface area contributed by atoms with Crippen LogP contribution in [0.5, 0.6) is 0 Å². The molecule has 0 radical (unpaired) electrons.